The van der Waals surface area contributed by atoms with Gasteiger partial charge in [0.2, 0.25) is 0 Å². The van der Waals surface area contributed by atoms with E-state index < -0.39 is 0 Å². The van der Waals surface area contributed by atoms with E-state index in [2.05, 4.69) is 12.4 Å². The first kappa shape index (κ1) is 8.50. The van der Waals surface area contributed by atoms with Gasteiger partial charge >= 0.3 is 0 Å². The fourth-order valence-corrected chi connectivity index (χ4v) is 0.464. The molecule has 54 valence electrons. The molecule has 0 radical (unpaired) electrons. The molecule has 0 aliphatic carbocycles. The van der Waals surface area contributed by atoms with Gasteiger partial charge in [0.15, 0.2) is 0 Å². The van der Waals surface area contributed by atoms with E-state index in [1.54, 1.807) is 0 Å². The van der Waals surface area contributed by atoms with Gasteiger partial charge in [-0.05, 0) is 19.4 Å². The smallest absolute Gasteiger partial charge is 0.121 e. The molecule has 0 aromatic carbocycles. The molecule has 0 fully saturated rings. The summed E-state index contributed by atoms with van der Waals surface area (Å²) >= 11 is 0. The van der Waals surface area contributed by atoms with Crippen LogP contribution in [0.3, 0.4) is 0 Å². The van der Waals surface area contributed by atoms with Crippen molar-refractivity contribution in [3.63, 3.8) is 0 Å². The summed E-state index contributed by atoms with van der Waals surface area (Å²) in [5.74, 6) is 1.01. The van der Waals surface area contributed by atoms with E-state index in [0.717, 1.165) is 12.3 Å². The third-order valence-electron chi connectivity index (χ3n) is 1.16. The van der Waals surface area contributed by atoms with Crippen molar-refractivity contribution in [2.75, 3.05) is 6.54 Å². The Balaban J connectivity index is 0.000000291. The van der Waals surface area contributed by atoms with Crippen molar-refractivity contribution in [1.29, 1.82) is 0 Å². The number of hydroxylamine groups is 1. The fraction of sp³-hybridized carbons (Fsp3) is 0.714. The molecule has 0 atom stereocenters. The zero-order valence-corrected chi connectivity index (χ0v) is 6.62. The van der Waals surface area contributed by atoms with E-state index in [1.807, 2.05) is 20.8 Å². The molecule has 1 rings (SSSR count). The SMILES string of the molecule is CC.CC1=C(C)ONC1. The quantitative estimate of drug-likeness (QED) is 0.539. The highest BCUT2D eigenvalue weighted by Gasteiger charge is 2.04. The maximum absolute atomic E-state index is 4.89. The van der Waals surface area contributed by atoms with Crippen molar-refractivity contribution in [3.05, 3.63) is 11.3 Å². The largest absolute Gasteiger partial charge is 0.413 e. The molecule has 0 amide bonds. The summed E-state index contributed by atoms with van der Waals surface area (Å²) in [7, 11) is 0. The second kappa shape index (κ2) is 4.39. The molecule has 1 heterocycles. The van der Waals surface area contributed by atoms with Gasteiger partial charge in [-0.3, -0.25) is 0 Å². The number of allylic oxidation sites excluding steroid dienone is 1. The maximum atomic E-state index is 4.89. The molecule has 0 saturated carbocycles. The highest BCUT2D eigenvalue weighted by molar-refractivity contribution is 5.07. The van der Waals surface area contributed by atoms with E-state index >= 15 is 0 Å². The van der Waals surface area contributed by atoms with Crippen LogP contribution in [0.15, 0.2) is 11.3 Å². The van der Waals surface area contributed by atoms with Gasteiger partial charge in [-0.15, -0.1) is 0 Å². The van der Waals surface area contributed by atoms with Gasteiger partial charge in [0.1, 0.15) is 5.76 Å². The lowest BCUT2D eigenvalue weighted by molar-refractivity contribution is 0.141. The van der Waals surface area contributed by atoms with Crippen LogP contribution in [0.5, 0.6) is 0 Å². The normalized spacial score (nSPS) is 16.4. The van der Waals surface area contributed by atoms with E-state index in [1.165, 1.54) is 5.57 Å². The third-order valence-corrected chi connectivity index (χ3v) is 1.16. The molecule has 0 spiro atoms. The zero-order valence-electron chi connectivity index (χ0n) is 6.62. The summed E-state index contributed by atoms with van der Waals surface area (Å²) < 4.78 is 0. The fourth-order valence-electron chi connectivity index (χ4n) is 0.464. The van der Waals surface area contributed by atoms with Crippen LogP contribution in [0.2, 0.25) is 0 Å². The number of rotatable bonds is 0. The molecule has 2 nitrogen and oxygen atoms in total. The summed E-state index contributed by atoms with van der Waals surface area (Å²) in [6.07, 6.45) is 0. The minimum absolute atomic E-state index is 0.881. The van der Waals surface area contributed by atoms with Crippen molar-refractivity contribution in [2.24, 2.45) is 0 Å². The topological polar surface area (TPSA) is 21.3 Å². The molecule has 0 unspecified atom stereocenters. The van der Waals surface area contributed by atoms with Crippen LogP contribution in [0.1, 0.15) is 27.7 Å². The molecule has 0 bridgehead atoms. The molecule has 1 aliphatic heterocycles. The Morgan fingerprint density at radius 3 is 2.00 bits per heavy atom. The summed E-state index contributed by atoms with van der Waals surface area (Å²) in [5.41, 5.74) is 4.04. The molecule has 1 N–H and O–H groups in total. The average Bonchev–Trinajstić information content (AvgIpc) is 2.23. The number of hydrogen-bond acceptors (Lipinski definition) is 2. The Hall–Kier alpha value is -0.500. The first-order valence-electron chi connectivity index (χ1n) is 3.37. The van der Waals surface area contributed by atoms with Crippen LogP contribution in [-0.2, 0) is 4.84 Å². The number of nitrogens with one attached hydrogen (secondary N) is 1. The Labute approximate surface area is 56.9 Å². The summed E-state index contributed by atoms with van der Waals surface area (Å²) in [5, 5.41) is 0. The molecule has 0 saturated heterocycles. The highest BCUT2D eigenvalue weighted by atomic mass is 16.7. The van der Waals surface area contributed by atoms with Crippen LogP contribution >= 0.6 is 0 Å². The van der Waals surface area contributed by atoms with Crippen molar-refractivity contribution in [1.82, 2.24) is 5.48 Å². The van der Waals surface area contributed by atoms with Gasteiger partial charge in [-0.2, -0.15) is 5.48 Å². The monoisotopic (exact) mass is 129 g/mol. The molecule has 0 aromatic heterocycles. The van der Waals surface area contributed by atoms with E-state index in [0.29, 0.717) is 0 Å². The van der Waals surface area contributed by atoms with Crippen LogP contribution < -0.4 is 5.48 Å². The maximum Gasteiger partial charge on any atom is 0.121 e. The van der Waals surface area contributed by atoms with Crippen molar-refractivity contribution < 1.29 is 4.84 Å². The first-order chi connectivity index (χ1) is 4.30. The Bertz CT molecular complexity index is 95.5. The standard InChI is InChI=1S/C5H9NO.C2H6/c1-4-3-6-7-5(4)2;1-2/h6H,3H2,1-2H3;1-2H3. The number of hydrogen-bond donors (Lipinski definition) is 1. The predicted octanol–water partition coefficient (Wildman–Crippen LogP) is 1.84. The molecule has 2 heteroatoms. The lowest BCUT2D eigenvalue weighted by Crippen LogP contribution is -2.05. The molecular weight excluding hydrogens is 114 g/mol. The second-order valence-electron chi connectivity index (χ2n) is 1.76. The van der Waals surface area contributed by atoms with Gasteiger partial charge in [-0.25, -0.2) is 0 Å². The minimum Gasteiger partial charge on any atom is -0.413 e. The van der Waals surface area contributed by atoms with E-state index in [9.17, 15) is 0 Å². The lowest BCUT2D eigenvalue weighted by Gasteiger charge is -1.90. The molecule has 0 aromatic rings. The molecular formula is C7H15NO. The second-order valence-corrected chi connectivity index (χ2v) is 1.76. The summed E-state index contributed by atoms with van der Waals surface area (Å²) in [6, 6.07) is 0. The summed E-state index contributed by atoms with van der Waals surface area (Å²) in [6.45, 7) is 8.89. The average molecular weight is 129 g/mol. The lowest BCUT2D eigenvalue weighted by atomic mass is 10.3. The Morgan fingerprint density at radius 2 is 1.89 bits per heavy atom. The predicted molar refractivity (Wildman–Crippen MR) is 38.8 cm³/mol. The van der Waals surface area contributed by atoms with Gasteiger partial charge in [0, 0.05) is 0 Å². The zero-order chi connectivity index (χ0) is 7.28. The van der Waals surface area contributed by atoms with Crippen LogP contribution in [-0.4, -0.2) is 6.54 Å². The highest BCUT2D eigenvalue weighted by Crippen LogP contribution is 2.07. The van der Waals surface area contributed by atoms with Crippen LogP contribution in [0.25, 0.3) is 0 Å². The molecule has 1 aliphatic rings. The van der Waals surface area contributed by atoms with Gasteiger partial charge < -0.3 is 4.84 Å². The van der Waals surface area contributed by atoms with Crippen LogP contribution in [0, 0.1) is 0 Å². The minimum atomic E-state index is 0.881. The Morgan fingerprint density at radius 1 is 1.33 bits per heavy atom. The van der Waals surface area contributed by atoms with Crippen molar-refractivity contribution in [3.8, 4) is 0 Å². The van der Waals surface area contributed by atoms with E-state index in [4.69, 9.17) is 4.84 Å². The molecule has 9 heavy (non-hydrogen) atoms. The van der Waals surface area contributed by atoms with Crippen molar-refractivity contribution >= 4 is 0 Å². The Kier molecular flexibility index (Phi) is 4.14. The van der Waals surface area contributed by atoms with E-state index in [-0.39, 0.29) is 0 Å². The third kappa shape index (κ3) is 2.51. The van der Waals surface area contributed by atoms with Crippen LogP contribution in [0.4, 0.5) is 0 Å². The van der Waals surface area contributed by atoms with Gasteiger partial charge in [0.25, 0.3) is 0 Å². The van der Waals surface area contributed by atoms with Crippen molar-refractivity contribution in [2.45, 2.75) is 27.7 Å². The first-order valence-corrected chi connectivity index (χ1v) is 3.37. The van der Waals surface area contributed by atoms with Gasteiger partial charge in [0.05, 0.1) is 6.54 Å². The summed E-state index contributed by atoms with van der Waals surface area (Å²) in [4.78, 5) is 4.89. The van der Waals surface area contributed by atoms with Gasteiger partial charge in [-0.1, -0.05) is 13.8 Å².